The second-order valence-electron chi connectivity index (χ2n) is 6.68. The number of benzene rings is 2. The van der Waals surface area contributed by atoms with E-state index in [1.807, 2.05) is 0 Å². The summed E-state index contributed by atoms with van der Waals surface area (Å²) in [5.74, 6) is -5.08. The first-order valence-corrected chi connectivity index (χ1v) is 8.98. The number of hydrogen-bond acceptors (Lipinski definition) is 3. The zero-order chi connectivity index (χ0) is 21.6. The summed E-state index contributed by atoms with van der Waals surface area (Å²) in [5, 5.41) is 14.4. The van der Waals surface area contributed by atoms with Gasteiger partial charge in [0.1, 0.15) is 11.6 Å². The molecule has 2 aromatic carbocycles. The van der Waals surface area contributed by atoms with Gasteiger partial charge in [-0.2, -0.15) is 0 Å². The van der Waals surface area contributed by atoms with Gasteiger partial charge in [-0.25, -0.2) is 8.78 Å². The first kappa shape index (κ1) is 22.0. The molecular formula is C21H22F2N2O4. The summed E-state index contributed by atoms with van der Waals surface area (Å²) in [5.41, 5.74) is 0.143. The molecule has 0 fully saturated rings. The molecule has 0 unspecified atom stereocenters. The van der Waals surface area contributed by atoms with Crippen LogP contribution in [0.3, 0.4) is 0 Å². The molecule has 0 spiro atoms. The molecule has 154 valence electrons. The van der Waals surface area contributed by atoms with Gasteiger partial charge in [0.15, 0.2) is 0 Å². The van der Waals surface area contributed by atoms with Crippen LogP contribution in [0.15, 0.2) is 48.5 Å². The normalized spacial score (nSPS) is 13.8. The quantitative estimate of drug-likeness (QED) is 0.630. The van der Waals surface area contributed by atoms with Crippen molar-refractivity contribution in [3.05, 3.63) is 71.3 Å². The fourth-order valence-electron chi connectivity index (χ4n) is 3.03. The van der Waals surface area contributed by atoms with Crippen LogP contribution in [0.1, 0.15) is 43.5 Å². The molecule has 8 heteroatoms. The summed E-state index contributed by atoms with van der Waals surface area (Å²) >= 11 is 0. The lowest BCUT2D eigenvalue weighted by atomic mass is 9.94. The molecule has 0 heterocycles. The smallest absolute Gasteiger partial charge is 0.308 e. The zero-order valence-electron chi connectivity index (χ0n) is 16.0. The van der Waals surface area contributed by atoms with E-state index < -0.39 is 59.4 Å². The Morgan fingerprint density at radius 2 is 1.55 bits per heavy atom. The van der Waals surface area contributed by atoms with Gasteiger partial charge in [0.25, 0.3) is 0 Å². The number of halogens is 2. The molecule has 0 aliphatic heterocycles. The van der Waals surface area contributed by atoms with Crippen LogP contribution in [-0.2, 0) is 14.4 Å². The Morgan fingerprint density at radius 1 is 0.966 bits per heavy atom. The standard InChI is InChI=1S/C21H22F2N2O4/c1-12(21(28)29)20(14-7-4-3-5-8-14)25-18(27)11-17(24-13(2)26)19-15(22)9-6-10-16(19)23/h3-10,12,17,20H,11H2,1-2H3,(H,24,26)(H,25,27)(H,28,29)/t12-,17+,20-/m0/s1. The third-order valence-electron chi connectivity index (χ3n) is 4.48. The summed E-state index contributed by atoms with van der Waals surface area (Å²) in [7, 11) is 0. The summed E-state index contributed by atoms with van der Waals surface area (Å²) in [6.45, 7) is 2.62. The van der Waals surface area contributed by atoms with Crippen LogP contribution in [0, 0.1) is 17.6 Å². The van der Waals surface area contributed by atoms with Crippen molar-refractivity contribution in [2.24, 2.45) is 5.92 Å². The lowest BCUT2D eigenvalue weighted by Crippen LogP contribution is -2.38. The first-order valence-electron chi connectivity index (χ1n) is 8.98. The van der Waals surface area contributed by atoms with Crippen LogP contribution in [0.4, 0.5) is 8.78 Å². The van der Waals surface area contributed by atoms with Crippen molar-refractivity contribution >= 4 is 17.8 Å². The molecule has 29 heavy (non-hydrogen) atoms. The number of aliphatic carboxylic acids is 1. The highest BCUT2D eigenvalue weighted by Crippen LogP contribution is 2.26. The first-order chi connectivity index (χ1) is 13.7. The van der Waals surface area contributed by atoms with E-state index in [2.05, 4.69) is 10.6 Å². The Kier molecular flexibility index (Phi) is 7.41. The number of nitrogens with one attached hydrogen (secondary N) is 2. The van der Waals surface area contributed by atoms with Crippen molar-refractivity contribution in [3.63, 3.8) is 0 Å². The monoisotopic (exact) mass is 404 g/mol. The van der Waals surface area contributed by atoms with Crippen LogP contribution in [0.5, 0.6) is 0 Å². The van der Waals surface area contributed by atoms with E-state index in [0.717, 1.165) is 12.1 Å². The molecule has 3 atom stereocenters. The fraction of sp³-hybridized carbons (Fsp3) is 0.286. The number of carbonyl (C=O) groups is 3. The molecule has 0 radical (unpaired) electrons. The minimum absolute atomic E-state index is 0.430. The van der Waals surface area contributed by atoms with E-state index in [-0.39, 0.29) is 0 Å². The minimum Gasteiger partial charge on any atom is -0.481 e. The molecule has 0 saturated heterocycles. The van der Waals surface area contributed by atoms with Crippen LogP contribution in [0.2, 0.25) is 0 Å². The van der Waals surface area contributed by atoms with Gasteiger partial charge in [-0.3, -0.25) is 14.4 Å². The Balaban J connectivity index is 2.27. The third-order valence-corrected chi connectivity index (χ3v) is 4.48. The Hall–Kier alpha value is -3.29. The molecule has 0 saturated carbocycles. The van der Waals surface area contributed by atoms with Gasteiger partial charge < -0.3 is 15.7 Å². The van der Waals surface area contributed by atoms with Gasteiger partial charge in [-0.15, -0.1) is 0 Å². The lowest BCUT2D eigenvalue weighted by Gasteiger charge is -2.25. The van der Waals surface area contributed by atoms with Gasteiger partial charge in [0, 0.05) is 12.5 Å². The van der Waals surface area contributed by atoms with Gasteiger partial charge in [-0.1, -0.05) is 36.4 Å². The highest BCUT2D eigenvalue weighted by molar-refractivity contribution is 5.80. The molecule has 0 aliphatic carbocycles. The molecular weight excluding hydrogens is 382 g/mol. The number of carbonyl (C=O) groups excluding carboxylic acids is 2. The van der Waals surface area contributed by atoms with Crippen molar-refractivity contribution in [1.82, 2.24) is 10.6 Å². The molecule has 2 aromatic rings. The number of hydrogen-bond donors (Lipinski definition) is 3. The molecule has 0 bridgehead atoms. The predicted octanol–water partition coefficient (Wildman–Crippen LogP) is 3.11. The van der Waals surface area contributed by atoms with Crippen molar-refractivity contribution in [2.45, 2.75) is 32.4 Å². The molecule has 2 rings (SSSR count). The van der Waals surface area contributed by atoms with Crippen LogP contribution >= 0.6 is 0 Å². The minimum atomic E-state index is -1.25. The van der Waals surface area contributed by atoms with Gasteiger partial charge in [-0.05, 0) is 24.6 Å². The number of amides is 2. The summed E-state index contributed by atoms with van der Waals surface area (Å²) < 4.78 is 28.3. The molecule has 6 nitrogen and oxygen atoms in total. The van der Waals surface area contributed by atoms with E-state index in [0.29, 0.717) is 5.56 Å². The zero-order valence-corrected chi connectivity index (χ0v) is 16.0. The number of carboxylic acids is 1. The maximum atomic E-state index is 14.2. The van der Waals surface area contributed by atoms with E-state index in [1.165, 1.54) is 19.9 Å². The maximum Gasteiger partial charge on any atom is 0.308 e. The molecule has 0 aromatic heterocycles. The van der Waals surface area contributed by atoms with E-state index >= 15 is 0 Å². The van der Waals surface area contributed by atoms with Crippen molar-refractivity contribution in [3.8, 4) is 0 Å². The van der Waals surface area contributed by atoms with Crippen LogP contribution in [-0.4, -0.2) is 22.9 Å². The van der Waals surface area contributed by atoms with Gasteiger partial charge in [0.05, 0.1) is 24.4 Å². The van der Waals surface area contributed by atoms with Gasteiger partial charge >= 0.3 is 5.97 Å². The second kappa shape index (κ2) is 9.77. The largest absolute Gasteiger partial charge is 0.481 e. The lowest BCUT2D eigenvalue weighted by molar-refractivity contribution is -0.142. The van der Waals surface area contributed by atoms with Crippen molar-refractivity contribution in [1.29, 1.82) is 0 Å². The van der Waals surface area contributed by atoms with E-state index in [1.54, 1.807) is 30.3 Å². The average molecular weight is 404 g/mol. The number of rotatable bonds is 8. The summed E-state index contributed by atoms with van der Waals surface area (Å²) in [6, 6.07) is 9.65. The van der Waals surface area contributed by atoms with Crippen molar-refractivity contribution in [2.75, 3.05) is 0 Å². The van der Waals surface area contributed by atoms with E-state index in [9.17, 15) is 28.3 Å². The average Bonchev–Trinajstić information content (AvgIpc) is 2.65. The highest BCUT2D eigenvalue weighted by atomic mass is 19.1. The van der Waals surface area contributed by atoms with Crippen molar-refractivity contribution < 1.29 is 28.3 Å². The topological polar surface area (TPSA) is 95.5 Å². The van der Waals surface area contributed by atoms with Gasteiger partial charge in [0.2, 0.25) is 11.8 Å². The Morgan fingerprint density at radius 3 is 2.07 bits per heavy atom. The summed E-state index contributed by atoms with van der Waals surface area (Å²) in [4.78, 5) is 35.6. The molecule has 2 amide bonds. The highest BCUT2D eigenvalue weighted by Gasteiger charge is 2.29. The SMILES string of the molecule is CC(=O)N[C@H](CC(=O)N[C@H](c1ccccc1)[C@H](C)C(=O)O)c1c(F)cccc1F. The molecule has 0 aliphatic rings. The fourth-order valence-corrected chi connectivity index (χ4v) is 3.03. The Bertz CT molecular complexity index is 869. The van der Waals surface area contributed by atoms with Crippen LogP contribution in [0.25, 0.3) is 0 Å². The predicted molar refractivity (Wildman–Crippen MR) is 102 cm³/mol. The van der Waals surface area contributed by atoms with Crippen LogP contribution < -0.4 is 10.6 Å². The molecule has 3 N–H and O–H groups in total. The second-order valence-corrected chi connectivity index (χ2v) is 6.68. The third kappa shape index (κ3) is 5.84. The Labute approximate surface area is 166 Å². The maximum absolute atomic E-state index is 14.2. The number of carboxylic acid groups (broad SMARTS) is 1. The summed E-state index contributed by atoms with van der Waals surface area (Å²) in [6.07, 6.45) is -0.465. The van der Waals surface area contributed by atoms with E-state index in [4.69, 9.17) is 0 Å².